The number of benzene rings is 1. The summed E-state index contributed by atoms with van der Waals surface area (Å²) in [6.07, 6.45) is 1.94. The fourth-order valence-corrected chi connectivity index (χ4v) is 3.45. The minimum atomic E-state index is -0.219. The molecule has 1 aromatic heterocycles. The van der Waals surface area contributed by atoms with Crippen LogP contribution in [0.25, 0.3) is 0 Å². The summed E-state index contributed by atoms with van der Waals surface area (Å²) in [6, 6.07) is 12.2. The summed E-state index contributed by atoms with van der Waals surface area (Å²) < 4.78 is 2.19. The molecule has 0 aliphatic carbocycles. The first-order valence-electron chi connectivity index (χ1n) is 8.76. The average Bonchev–Trinajstić information content (AvgIpc) is 3.01. The first-order chi connectivity index (χ1) is 12.0. The third kappa shape index (κ3) is 3.76. The van der Waals surface area contributed by atoms with Crippen molar-refractivity contribution in [3.8, 4) is 0 Å². The molecule has 1 atom stereocenters. The second-order valence-corrected chi connectivity index (χ2v) is 6.93. The monoisotopic (exact) mass is 339 g/mol. The van der Waals surface area contributed by atoms with E-state index in [1.165, 1.54) is 0 Å². The summed E-state index contributed by atoms with van der Waals surface area (Å²) >= 11 is 0. The lowest BCUT2D eigenvalue weighted by Crippen LogP contribution is -2.44. The van der Waals surface area contributed by atoms with E-state index in [2.05, 4.69) is 28.1 Å². The Morgan fingerprint density at radius 2 is 2.00 bits per heavy atom. The second kappa shape index (κ2) is 7.13. The van der Waals surface area contributed by atoms with Crippen molar-refractivity contribution >= 4 is 11.8 Å². The zero-order valence-corrected chi connectivity index (χ0v) is 15.0. The Hall–Kier alpha value is -2.56. The van der Waals surface area contributed by atoms with Crippen molar-refractivity contribution in [3.05, 3.63) is 59.4 Å². The van der Waals surface area contributed by atoms with Gasteiger partial charge in [-0.3, -0.25) is 9.59 Å². The lowest BCUT2D eigenvalue weighted by atomic mass is 9.98. The fourth-order valence-electron chi connectivity index (χ4n) is 3.45. The molecule has 132 valence electrons. The molecular formula is C20H25N3O2. The van der Waals surface area contributed by atoms with Crippen LogP contribution in [0.2, 0.25) is 0 Å². The van der Waals surface area contributed by atoms with Gasteiger partial charge in [0, 0.05) is 31.0 Å². The van der Waals surface area contributed by atoms with Gasteiger partial charge in [-0.15, -0.1) is 0 Å². The van der Waals surface area contributed by atoms with Crippen LogP contribution in [0.5, 0.6) is 0 Å². The maximum atomic E-state index is 12.8. The number of carbonyl (C=O) groups excluding carboxylic acids is 2. The molecule has 1 unspecified atom stereocenters. The second-order valence-electron chi connectivity index (χ2n) is 6.93. The zero-order chi connectivity index (χ0) is 18.0. The molecule has 3 rings (SSSR count). The third-order valence-electron chi connectivity index (χ3n) is 4.48. The smallest absolute Gasteiger partial charge is 0.232 e. The number of amides is 2. The molecule has 0 saturated carbocycles. The number of nitrogens with zero attached hydrogens (tertiary/aromatic N) is 2. The average molecular weight is 339 g/mol. The van der Waals surface area contributed by atoms with Crippen LogP contribution in [0.15, 0.2) is 42.6 Å². The molecular weight excluding hydrogens is 314 g/mol. The van der Waals surface area contributed by atoms with Gasteiger partial charge in [0.05, 0.1) is 6.04 Å². The van der Waals surface area contributed by atoms with Crippen molar-refractivity contribution < 1.29 is 9.59 Å². The van der Waals surface area contributed by atoms with Gasteiger partial charge in [-0.05, 0) is 38.5 Å². The number of carbonyl (C=O) groups is 2. The number of aryl methyl sites for hydroxylation is 1. The fraction of sp³-hybridized carbons (Fsp3) is 0.400. The van der Waals surface area contributed by atoms with Crippen LogP contribution in [-0.2, 0) is 16.1 Å². The van der Waals surface area contributed by atoms with Gasteiger partial charge in [0.15, 0.2) is 0 Å². The molecule has 2 aromatic rings. The standard InChI is InChI=1S/C20H25N3O2/c1-14(2)21-18(24)13-19(25)23-11-10-22-9-5-8-17(22)20(23)16-7-4-6-15(3)12-16/h4-9,12,14,20H,10-11,13H2,1-3H3,(H,21,24). The van der Waals surface area contributed by atoms with Crippen molar-refractivity contribution in [2.24, 2.45) is 0 Å². The normalized spacial score (nSPS) is 16.6. The van der Waals surface area contributed by atoms with E-state index in [0.29, 0.717) is 6.54 Å². The lowest BCUT2D eigenvalue weighted by Gasteiger charge is -2.37. The highest BCUT2D eigenvalue weighted by Crippen LogP contribution is 2.33. The highest BCUT2D eigenvalue weighted by molar-refractivity contribution is 5.97. The number of fused-ring (bicyclic) bond motifs is 1. The molecule has 5 heteroatoms. The molecule has 0 spiro atoms. The Labute approximate surface area is 148 Å². The molecule has 1 N–H and O–H groups in total. The molecule has 0 saturated heterocycles. The molecule has 0 fully saturated rings. The van der Waals surface area contributed by atoms with Crippen LogP contribution >= 0.6 is 0 Å². The van der Waals surface area contributed by atoms with Crippen molar-refractivity contribution in [2.45, 2.75) is 45.8 Å². The van der Waals surface area contributed by atoms with Crippen LogP contribution in [0.3, 0.4) is 0 Å². The Morgan fingerprint density at radius 3 is 2.72 bits per heavy atom. The van der Waals surface area contributed by atoms with Crippen molar-refractivity contribution in [1.29, 1.82) is 0 Å². The van der Waals surface area contributed by atoms with Crippen LogP contribution in [-0.4, -0.2) is 33.9 Å². The maximum Gasteiger partial charge on any atom is 0.232 e. The summed E-state index contributed by atoms with van der Waals surface area (Å²) in [5, 5.41) is 2.80. The van der Waals surface area contributed by atoms with E-state index in [-0.39, 0.29) is 30.3 Å². The topological polar surface area (TPSA) is 54.3 Å². The van der Waals surface area contributed by atoms with E-state index in [1.807, 2.05) is 50.1 Å². The van der Waals surface area contributed by atoms with Crippen LogP contribution in [0.4, 0.5) is 0 Å². The predicted octanol–water partition coefficient (Wildman–Crippen LogP) is 2.64. The first kappa shape index (κ1) is 17.3. The third-order valence-corrected chi connectivity index (χ3v) is 4.48. The summed E-state index contributed by atoms with van der Waals surface area (Å²) in [5.74, 6) is -0.346. The highest BCUT2D eigenvalue weighted by Gasteiger charge is 2.32. The van der Waals surface area contributed by atoms with Crippen LogP contribution < -0.4 is 5.32 Å². The molecule has 2 amide bonds. The van der Waals surface area contributed by atoms with Gasteiger partial charge in [0.2, 0.25) is 11.8 Å². The number of hydrogen-bond acceptors (Lipinski definition) is 2. The largest absolute Gasteiger partial charge is 0.353 e. The van der Waals surface area contributed by atoms with E-state index >= 15 is 0 Å². The van der Waals surface area contributed by atoms with E-state index in [4.69, 9.17) is 0 Å². The first-order valence-corrected chi connectivity index (χ1v) is 8.76. The van der Waals surface area contributed by atoms with Crippen molar-refractivity contribution in [3.63, 3.8) is 0 Å². The maximum absolute atomic E-state index is 12.8. The van der Waals surface area contributed by atoms with Crippen LogP contribution in [0.1, 0.15) is 43.1 Å². The quantitative estimate of drug-likeness (QED) is 0.871. The van der Waals surface area contributed by atoms with Gasteiger partial charge < -0.3 is 14.8 Å². The van der Waals surface area contributed by atoms with Crippen molar-refractivity contribution in [1.82, 2.24) is 14.8 Å². The molecule has 1 aliphatic rings. The Kier molecular flexibility index (Phi) is 4.93. The summed E-state index contributed by atoms with van der Waals surface area (Å²) in [5.41, 5.74) is 3.33. The van der Waals surface area contributed by atoms with E-state index in [9.17, 15) is 9.59 Å². The zero-order valence-electron chi connectivity index (χ0n) is 15.0. The van der Waals surface area contributed by atoms with Gasteiger partial charge in [0.25, 0.3) is 0 Å². The van der Waals surface area contributed by atoms with Gasteiger partial charge in [-0.2, -0.15) is 0 Å². The van der Waals surface area contributed by atoms with E-state index in [1.54, 1.807) is 0 Å². The molecule has 5 nitrogen and oxygen atoms in total. The summed E-state index contributed by atoms with van der Waals surface area (Å²) in [6.45, 7) is 7.20. The molecule has 2 heterocycles. The molecule has 1 aromatic carbocycles. The molecule has 25 heavy (non-hydrogen) atoms. The predicted molar refractivity (Wildman–Crippen MR) is 97.1 cm³/mol. The van der Waals surface area contributed by atoms with Crippen molar-refractivity contribution in [2.75, 3.05) is 6.54 Å². The Morgan fingerprint density at radius 1 is 1.20 bits per heavy atom. The van der Waals surface area contributed by atoms with Gasteiger partial charge in [-0.25, -0.2) is 0 Å². The SMILES string of the molecule is Cc1cccc(C2c3cccn3CCN2C(=O)CC(=O)NC(C)C)c1. The summed E-state index contributed by atoms with van der Waals surface area (Å²) in [4.78, 5) is 26.7. The number of rotatable bonds is 4. The summed E-state index contributed by atoms with van der Waals surface area (Å²) in [7, 11) is 0. The number of nitrogens with one attached hydrogen (secondary N) is 1. The molecule has 1 aliphatic heterocycles. The molecule has 0 bridgehead atoms. The highest BCUT2D eigenvalue weighted by atomic mass is 16.2. The molecule has 0 radical (unpaired) electrons. The van der Waals surface area contributed by atoms with Gasteiger partial charge >= 0.3 is 0 Å². The number of hydrogen-bond donors (Lipinski definition) is 1. The minimum Gasteiger partial charge on any atom is -0.353 e. The lowest BCUT2D eigenvalue weighted by molar-refractivity contribution is -0.138. The van der Waals surface area contributed by atoms with Gasteiger partial charge in [0.1, 0.15) is 6.42 Å². The minimum absolute atomic E-state index is 0.0338. The Balaban J connectivity index is 1.89. The van der Waals surface area contributed by atoms with E-state index in [0.717, 1.165) is 23.4 Å². The Bertz CT molecular complexity index is 779. The van der Waals surface area contributed by atoms with Gasteiger partial charge in [-0.1, -0.05) is 29.8 Å². The van der Waals surface area contributed by atoms with E-state index < -0.39 is 0 Å². The number of aromatic nitrogens is 1. The van der Waals surface area contributed by atoms with Crippen LogP contribution in [0, 0.1) is 6.92 Å².